The topological polar surface area (TPSA) is 18.5 Å². The van der Waals surface area contributed by atoms with Crippen LogP contribution in [0.1, 0.15) is 47.5 Å². The van der Waals surface area contributed by atoms with E-state index in [1.54, 1.807) is 0 Å². The van der Waals surface area contributed by atoms with E-state index in [0.29, 0.717) is 6.61 Å². The molecule has 0 aromatic heterocycles. The van der Waals surface area contributed by atoms with Crippen LogP contribution in [0.5, 0.6) is 0 Å². The first-order valence-electron chi connectivity index (χ1n) is 7.62. The first kappa shape index (κ1) is 16.9. The number of ether oxygens (including phenoxy) is 2. The van der Waals surface area contributed by atoms with Crippen molar-refractivity contribution in [2.45, 2.75) is 53.2 Å². The number of hydrogen-bond acceptors (Lipinski definition) is 2. The molecule has 0 spiro atoms. The fourth-order valence-corrected chi connectivity index (χ4v) is 3.56. The standard InChI is InChI=1S/C18H25O2.Sn/c1-6-19-18(20-15-9-7-8-10-15)12-11-14(2)13-16(18)17(3,4)5;/h7,9,11,13H,6,8,12H2,1-5H3;. The van der Waals surface area contributed by atoms with Crippen molar-refractivity contribution in [2.75, 3.05) is 6.61 Å². The number of rotatable bonds is 4. The van der Waals surface area contributed by atoms with Gasteiger partial charge >= 0.3 is 142 Å². The van der Waals surface area contributed by atoms with Gasteiger partial charge in [-0.15, -0.1) is 0 Å². The van der Waals surface area contributed by atoms with E-state index in [4.69, 9.17) is 9.47 Å². The maximum atomic E-state index is 6.46. The van der Waals surface area contributed by atoms with Gasteiger partial charge in [0, 0.05) is 0 Å². The van der Waals surface area contributed by atoms with Gasteiger partial charge in [0.05, 0.1) is 0 Å². The van der Waals surface area contributed by atoms with Crippen molar-refractivity contribution in [3.05, 3.63) is 44.8 Å². The molecule has 1 atom stereocenters. The third-order valence-corrected chi connectivity index (χ3v) is 5.11. The molecule has 0 fully saturated rings. The molecule has 21 heavy (non-hydrogen) atoms. The maximum absolute atomic E-state index is 6.46. The van der Waals surface area contributed by atoms with E-state index in [-0.39, 0.29) is 5.41 Å². The number of allylic oxidation sites excluding steroid dienone is 5. The molecule has 3 radical (unpaired) electrons. The van der Waals surface area contributed by atoms with Crippen molar-refractivity contribution in [2.24, 2.45) is 5.41 Å². The van der Waals surface area contributed by atoms with Crippen LogP contribution in [-0.2, 0) is 9.47 Å². The average molecular weight is 392 g/mol. The Morgan fingerprint density at radius 2 is 2.05 bits per heavy atom. The van der Waals surface area contributed by atoms with Crippen LogP contribution < -0.4 is 0 Å². The van der Waals surface area contributed by atoms with Crippen molar-refractivity contribution in [1.82, 2.24) is 0 Å². The van der Waals surface area contributed by atoms with Crippen LogP contribution in [0.25, 0.3) is 0 Å². The van der Waals surface area contributed by atoms with Gasteiger partial charge in [0.2, 0.25) is 0 Å². The summed E-state index contributed by atoms with van der Waals surface area (Å²) in [6.45, 7) is 11.5. The van der Waals surface area contributed by atoms with E-state index in [9.17, 15) is 0 Å². The van der Waals surface area contributed by atoms with Gasteiger partial charge in [0.1, 0.15) is 0 Å². The van der Waals surface area contributed by atoms with E-state index >= 15 is 0 Å². The van der Waals surface area contributed by atoms with Crippen LogP contribution in [0, 0.1) is 5.41 Å². The van der Waals surface area contributed by atoms with Crippen molar-refractivity contribution in [1.29, 1.82) is 0 Å². The summed E-state index contributed by atoms with van der Waals surface area (Å²) in [6.07, 6.45) is 10.5. The van der Waals surface area contributed by atoms with Crippen LogP contribution in [0.3, 0.4) is 0 Å². The summed E-state index contributed by atoms with van der Waals surface area (Å²) in [6, 6.07) is 0. The molecule has 2 nitrogen and oxygen atoms in total. The van der Waals surface area contributed by atoms with Crippen molar-refractivity contribution >= 4 is 22.5 Å². The minimum absolute atomic E-state index is 0.00881. The van der Waals surface area contributed by atoms with E-state index in [0.717, 1.165) is 18.6 Å². The third-order valence-electron chi connectivity index (χ3n) is 3.82. The van der Waals surface area contributed by atoms with Gasteiger partial charge in [0.25, 0.3) is 0 Å². The van der Waals surface area contributed by atoms with Gasteiger partial charge < -0.3 is 0 Å². The molecular formula is C18H25O2Sn. The summed E-state index contributed by atoms with van der Waals surface area (Å²) in [5, 5.41) is 0. The second-order valence-electron chi connectivity index (χ2n) is 6.70. The van der Waals surface area contributed by atoms with E-state index in [1.807, 2.05) is 6.92 Å². The van der Waals surface area contributed by atoms with Gasteiger partial charge in [0.15, 0.2) is 0 Å². The molecule has 0 saturated heterocycles. The fraction of sp³-hybridized carbons (Fsp3) is 0.556. The summed E-state index contributed by atoms with van der Waals surface area (Å²) < 4.78 is 14.0. The average Bonchev–Trinajstić information content (AvgIpc) is 2.77. The van der Waals surface area contributed by atoms with Crippen molar-refractivity contribution in [3.8, 4) is 0 Å². The zero-order chi connectivity index (χ0) is 15.7. The monoisotopic (exact) mass is 393 g/mol. The Morgan fingerprint density at radius 1 is 1.33 bits per heavy atom. The molecule has 2 aliphatic carbocycles. The number of hydrogen-bond donors (Lipinski definition) is 0. The van der Waals surface area contributed by atoms with Crippen molar-refractivity contribution < 1.29 is 9.47 Å². The predicted octanol–water partition coefficient (Wildman–Crippen LogP) is 4.40. The normalized spacial score (nSPS) is 26.0. The molecule has 0 saturated carbocycles. The molecule has 0 aromatic rings. The van der Waals surface area contributed by atoms with Crippen molar-refractivity contribution in [3.63, 3.8) is 0 Å². The Balaban J connectivity index is 2.43. The Kier molecular flexibility index (Phi) is 5.09. The quantitative estimate of drug-likeness (QED) is 0.522. The molecule has 1 unspecified atom stereocenters. The van der Waals surface area contributed by atoms with Gasteiger partial charge in [-0.25, -0.2) is 0 Å². The molecule has 0 N–H and O–H groups in total. The molecule has 0 bridgehead atoms. The third kappa shape index (κ3) is 3.65. The summed E-state index contributed by atoms with van der Waals surface area (Å²) in [4.78, 5) is 0. The molecular weight excluding hydrogens is 367 g/mol. The van der Waals surface area contributed by atoms with Gasteiger partial charge in [-0.2, -0.15) is 0 Å². The Bertz CT molecular complexity index is 532. The van der Waals surface area contributed by atoms with Gasteiger partial charge in [-0.3, -0.25) is 0 Å². The van der Waals surface area contributed by atoms with Crippen LogP contribution in [0.15, 0.2) is 44.8 Å². The van der Waals surface area contributed by atoms with E-state index in [2.05, 4.69) is 52.0 Å². The first-order valence-corrected chi connectivity index (χ1v) is 9.05. The predicted molar refractivity (Wildman–Crippen MR) is 87.9 cm³/mol. The van der Waals surface area contributed by atoms with Crippen LogP contribution >= 0.6 is 0 Å². The second kappa shape index (κ2) is 6.33. The summed E-state index contributed by atoms with van der Waals surface area (Å²) in [7, 11) is 0. The molecule has 3 heteroatoms. The first-order chi connectivity index (χ1) is 9.78. The van der Waals surface area contributed by atoms with Crippen LogP contribution in [0.4, 0.5) is 0 Å². The molecule has 0 heterocycles. The molecule has 0 aromatic carbocycles. The minimum atomic E-state index is -0.654. The molecule has 113 valence electrons. The van der Waals surface area contributed by atoms with E-state index < -0.39 is 5.79 Å². The molecule has 2 rings (SSSR count). The fourth-order valence-electron chi connectivity index (χ4n) is 2.84. The zero-order valence-corrected chi connectivity index (χ0v) is 16.6. The van der Waals surface area contributed by atoms with Gasteiger partial charge in [-0.05, 0) is 0 Å². The van der Waals surface area contributed by atoms with Gasteiger partial charge in [-0.1, -0.05) is 0 Å². The molecule has 2 aliphatic rings. The molecule has 0 aliphatic heterocycles. The van der Waals surface area contributed by atoms with E-state index in [1.165, 1.54) is 37.3 Å². The Labute approximate surface area is 142 Å². The van der Waals surface area contributed by atoms with Crippen LogP contribution in [-0.4, -0.2) is 34.9 Å². The zero-order valence-electron chi connectivity index (χ0n) is 13.7. The summed E-state index contributed by atoms with van der Waals surface area (Å²) in [5.74, 6) is 0.350. The Hall–Kier alpha value is -0.481. The summed E-state index contributed by atoms with van der Waals surface area (Å²) >= 11 is 1.42. The van der Waals surface area contributed by atoms with Crippen LogP contribution in [0.2, 0.25) is 0 Å². The molecule has 0 amide bonds. The SMILES string of the molecule is CCOC1(OC2=[C]([Sn])CC=C2)CC=C(C)C=C1C(C)(C)C. The summed E-state index contributed by atoms with van der Waals surface area (Å²) in [5.41, 5.74) is 2.53. The Morgan fingerprint density at radius 3 is 2.57 bits per heavy atom. The second-order valence-corrected chi connectivity index (χ2v) is 8.42.